The van der Waals surface area contributed by atoms with Crippen LogP contribution in [0, 0.1) is 5.41 Å². The molecule has 0 spiro atoms. The highest BCUT2D eigenvalue weighted by Gasteiger charge is 2.39. The van der Waals surface area contributed by atoms with Gasteiger partial charge in [0.1, 0.15) is 4.75 Å². The molecular formula is C11H21N3O3S. The quantitative estimate of drug-likeness (QED) is 0.895. The molecule has 104 valence electrons. The Morgan fingerprint density at radius 3 is 2.11 bits per heavy atom. The van der Waals surface area contributed by atoms with Crippen LogP contribution in [0.4, 0.5) is 0 Å². The van der Waals surface area contributed by atoms with Gasteiger partial charge in [-0.25, -0.2) is 8.42 Å². The first kappa shape index (κ1) is 15.1. The highest BCUT2D eigenvalue weighted by molar-refractivity contribution is 7.91. The lowest BCUT2D eigenvalue weighted by molar-refractivity contribution is 0.297. The van der Waals surface area contributed by atoms with E-state index in [1.54, 1.807) is 0 Å². The fourth-order valence-electron chi connectivity index (χ4n) is 1.15. The lowest BCUT2D eigenvalue weighted by Gasteiger charge is -2.23. The second-order valence-corrected chi connectivity index (χ2v) is 8.65. The van der Waals surface area contributed by atoms with Gasteiger partial charge >= 0.3 is 0 Å². The number of sulfone groups is 1. The van der Waals surface area contributed by atoms with Gasteiger partial charge < -0.3 is 10.3 Å². The summed E-state index contributed by atoms with van der Waals surface area (Å²) in [4.78, 5) is 4.13. The first-order chi connectivity index (χ1) is 7.87. The fraction of sp³-hybridized carbons (Fsp3) is 0.818. The van der Waals surface area contributed by atoms with E-state index in [1.807, 2.05) is 20.8 Å². The van der Waals surface area contributed by atoms with E-state index in [4.69, 9.17) is 10.3 Å². The molecule has 1 rings (SSSR count). The zero-order valence-electron chi connectivity index (χ0n) is 11.7. The Hall–Kier alpha value is -0.950. The molecule has 1 unspecified atom stereocenters. The maximum atomic E-state index is 11.7. The number of hydrogen-bond acceptors (Lipinski definition) is 6. The molecule has 1 aromatic rings. The average molecular weight is 275 g/mol. The number of aromatic nitrogens is 2. The van der Waals surface area contributed by atoms with Gasteiger partial charge in [-0.2, -0.15) is 4.98 Å². The predicted molar refractivity (Wildman–Crippen MR) is 68.6 cm³/mol. The van der Waals surface area contributed by atoms with Gasteiger partial charge in [0, 0.05) is 6.26 Å². The summed E-state index contributed by atoms with van der Waals surface area (Å²) in [5.74, 6) is 0.397. The van der Waals surface area contributed by atoms with Gasteiger partial charge in [0.15, 0.2) is 15.7 Å². The number of hydrogen-bond donors (Lipinski definition) is 1. The van der Waals surface area contributed by atoms with Crippen molar-refractivity contribution >= 4 is 9.84 Å². The molecule has 0 aliphatic rings. The Bertz CT molecular complexity index is 526. The molecule has 0 aromatic carbocycles. The summed E-state index contributed by atoms with van der Waals surface area (Å²) in [6.45, 7) is 8.92. The van der Waals surface area contributed by atoms with E-state index in [0.717, 1.165) is 6.26 Å². The fourth-order valence-corrected chi connectivity index (χ4v) is 1.55. The molecule has 0 aliphatic carbocycles. The van der Waals surface area contributed by atoms with Gasteiger partial charge in [-0.3, -0.25) is 0 Å². The average Bonchev–Trinajstić information content (AvgIpc) is 2.62. The Morgan fingerprint density at radius 2 is 1.72 bits per heavy atom. The minimum atomic E-state index is -3.34. The predicted octanol–water partition coefficient (Wildman–Crippen LogP) is 1.40. The van der Waals surface area contributed by atoms with Crippen LogP contribution in [0.25, 0.3) is 0 Å². The van der Waals surface area contributed by atoms with Crippen LogP contribution >= 0.6 is 0 Å². The van der Waals surface area contributed by atoms with Gasteiger partial charge in [0.25, 0.3) is 0 Å². The Morgan fingerprint density at radius 1 is 1.22 bits per heavy atom. The molecule has 0 amide bonds. The molecule has 7 heteroatoms. The summed E-state index contributed by atoms with van der Waals surface area (Å²) in [6, 6.07) is -0.412. The van der Waals surface area contributed by atoms with Crippen LogP contribution in [0.5, 0.6) is 0 Å². The van der Waals surface area contributed by atoms with Crippen LogP contribution in [-0.4, -0.2) is 24.8 Å². The van der Waals surface area contributed by atoms with Crippen molar-refractivity contribution in [2.45, 2.75) is 45.4 Å². The molecule has 6 nitrogen and oxygen atoms in total. The van der Waals surface area contributed by atoms with Crippen molar-refractivity contribution in [1.29, 1.82) is 0 Å². The molecule has 0 radical (unpaired) electrons. The number of rotatable bonds is 3. The minimum absolute atomic E-state index is 0.0692. The van der Waals surface area contributed by atoms with E-state index in [-0.39, 0.29) is 11.3 Å². The van der Waals surface area contributed by atoms with Crippen LogP contribution in [0.15, 0.2) is 4.52 Å². The summed E-state index contributed by atoms with van der Waals surface area (Å²) >= 11 is 0. The van der Waals surface area contributed by atoms with Gasteiger partial charge in [0.2, 0.25) is 5.89 Å². The molecule has 0 bridgehead atoms. The standard InChI is InChI=1S/C11H21N3O3S/c1-10(2,3)7(12)8-13-9(17-14-8)11(4,5)18(6,15)16/h7H,12H2,1-6H3. The molecule has 18 heavy (non-hydrogen) atoms. The third kappa shape index (κ3) is 2.72. The summed E-state index contributed by atoms with van der Waals surface area (Å²) < 4.78 is 27.2. The van der Waals surface area contributed by atoms with E-state index in [1.165, 1.54) is 13.8 Å². The largest absolute Gasteiger partial charge is 0.338 e. The van der Waals surface area contributed by atoms with E-state index < -0.39 is 20.6 Å². The van der Waals surface area contributed by atoms with Crippen LogP contribution in [0.3, 0.4) is 0 Å². The van der Waals surface area contributed by atoms with Gasteiger partial charge in [-0.1, -0.05) is 25.9 Å². The third-order valence-electron chi connectivity index (χ3n) is 3.09. The van der Waals surface area contributed by atoms with Crippen molar-refractivity contribution in [2.75, 3.05) is 6.26 Å². The van der Waals surface area contributed by atoms with E-state index in [9.17, 15) is 8.42 Å². The van der Waals surface area contributed by atoms with Gasteiger partial charge in [-0.05, 0) is 19.3 Å². The van der Waals surface area contributed by atoms with Crippen molar-refractivity contribution in [3.05, 3.63) is 11.7 Å². The second-order valence-electron chi connectivity index (χ2n) is 6.08. The van der Waals surface area contributed by atoms with E-state index in [0.29, 0.717) is 5.82 Å². The Balaban J connectivity index is 3.16. The van der Waals surface area contributed by atoms with Gasteiger partial charge in [-0.15, -0.1) is 0 Å². The van der Waals surface area contributed by atoms with Crippen molar-refractivity contribution in [2.24, 2.45) is 11.1 Å². The molecule has 0 aliphatic heterocycles. The van der Waals surface area contributed by atoms with Crippen LogP contribution in [0.1, 0.15) is 52.4 Å². The second kappa shape index (κ2) is 4.31. The number of nitrogens with zero attached hydrogens (tertiary/aromatic N) is 2. The molecule has 1 heterocycles. The van der Waals surface area contributed by atoms with Crippen molar-refractivity contribution in [3.63, 3.8) is 0 Å². The first-order valence-electron chi connectivity index (χ1n) is 5.66. The summed E-state index contributed by atoms with van der Waals surface area (Å²) in [5.41, 5.74) is 5.78. The monoisotopic (exact) mass is 275 g/mol. The zero-order chi connectivity index (χ0) is 14.4. The Kier molecular flexibility index (Phi) is 3.62. The first-order valence-corrected chi connectivity index (χ1v) is 7.56. The van der Waals surface area contributed by atoms with Crippen molar-refractivity contribution < 1.29 is 12.9 Å². The van der Waals surface area contributed by atoms with E-state index in [2.05, 4.69) is 10.1 Å². The highest BCUT2D eigenvalue weighted by atomic mass is 32.2. The molecule has 1 atom stereocenters. The maximum Gasteiger partial charge on any atom is 0.247 e. The van der Waals surface area contributed by atoms with Crippen molar-refractivity contribution in [3.8, 4) is 0 Å². The molecule has 1 aromatic heterocycles. The molecule has 2 N–H and O–H groups in total. The minimum Gasteiger partial charge on any atom is -0.338 e. The molecule has 0 saturated carbocycles. The smallest absolute Gasteiger partial charge is 0.247 e. The van der Waals surface area contributed by atoms with Crippen molar-refractivity contribution in [1.82, 2.24) is 10.1 Å². The number of nitrogens with two attached hydrogens (primary N) is 1. The normalized spacial score (nSPS) is 15.7. The van der Waals surface area contributed by atoms with Gasteiger partial charge in [0.05, 0.1) is 6.04 Å². The Labute approximate surface area is 108 Å². The van der Waals surface area contributed by atoms with Crippen LogP contribution in [0.2, 0.25) is 0 Å². The van der Waals surface area contributed by atoms with E-state index >= 15 is 0 Å². The van der Waals surface area contributed by atoms with Crippen LogP contribution in [-0.2, 0) is 14.6 Å². The summed E-state index contributed by atoms with van der Waals surface area (Å²) in [5, 5.41) is 3.79. The lowest BCUT2D eigenvalue weighted by atomic mass is 9.87. The maximum absolute atomic E-state index is 11.7. The highest BCUT2D eigenvalue weighted by Crippen LogP contribution is 2.32. The summed E-state index contributed by atoms with van der Waals surface area (Å²) in [6.07, 6.45) is 1.14. The molecule has 0 saturated heterocycles. The zero-order valence-corrected chi connectivity index (χ0v) is 12.5. The topological polar surface area (TPSA) is 99.1 Å². The lowest BCUT2D eigenvalue weighted by Crippen LogP contribution is -2.30. The third-order valence-corrected chi connectivity index (χ3v) is 5.12. The summed E-state index contributed by atoms with van der Waals surface area (Å²) in [7, 11) is -3.34. The van der Waals surface area contributed by atoms with Crippen LogP contribution < -0.4 is 5.73 Å². The molecule has 0 fully saturated rings. The molecular weight excluding hydrogens is 254 g/mol. The SMILES string of the molecule is CC(C)(C)C(N)c1noc(C(C)(C)S(C)(=O)=O)n1.